The lowest BCUT2D eigenvalue weighted by molar-refractivity contribution is 0.309. The quantitative estimate of drug-likeness (QED) is 0.817. The molecular formula is C12H15NO2. The van der Waals surface area contributed by atoms with Crippen molar-refractivity contribution in [2.45, 2.75) is 24.9 Å². The Hall–Kier alpha value is -1.22. The fourth-order valence-corrected chi connectivity index (χ4v) is 1.99. The zero-order valence-electron chi connectivity index (χ0n) is 8.82. The molecule has 3 rings (SSSR count). The molecule has 0 radical (unpaired) electrons. The van der Waals surface area contributed by atoms with Gasteiger partial charge in [0, 0.05) is 17.7 Å². The third-order valence-corrected chi connectivity index (χ3v) is 3.02. The van der Waals surface area contributed by atoms with Crippen LogP contribution in [0, 0.1) is 0 Å². The summed E-state index contributed by atoms with van der Waals surface area (Å²) < 4.78 is 10.8. The first kappa shape index (κ1) is 9.04. The molecule has 1 atom stereocenters. The van der Waals surface area contributed by atoms with E-state index in [4.69, 9.17) is 9.47 Å². The Morgan fingerprint density at radius 2 is 2.27 bits per heavy atom. The maximum absolute atomic E-state index is 5.64. The van der Waals surface area contributed by atoms with E-state index in [1.807, 2.05) is 12.1 Å². The van der Waals surface area contributed by atoms with E-state index in [0.29, 0.717) is 12.1 Å². The summed E-state index contributed by atoms with van der Waals surface area (Å²) in [4.78, 5) is 0. The monoisotopic (exact) mass is 205 g/mol. The molecule has 3 nitrogen and oxygen atoms in total. The van der Waals surface area contributed by atoms with E-state index in [9.17, 15) is 0 Å². The lowest BCUT2D eigenvalue weighted by atomic mass is 10.1. The van der Waals surface area contributed by atoms with Gasteiger partial charge >= 0.3 is 0 Å². The van der Waals surface area contributed by atoms with Gasteiger partial charge in [0.1, 0.15) is 18.1 Å². The Bertz CT molecular complexity index is 374. The maximum atomic E-state index is 5.64. The molecule has 1 aromatic carbocycles. The van der Waals surface area contributed by atoms with Crippen molar-refractivity contribution < 1.29 is 9.47 Å². The summed E-state index contributed by atoms with van der Waals surface area (Å²) >= 11 is 0. The second-order valence-electron chi connectivity index (χ2n) is 4.21. The number of benzene rings is 1. The van der Waals surface area contributed by atoms with Crippen LogP contribution in [0.3, 0.4) is 0 Å². The highest BCUT2D eigenvalue weighted by Gasteiger charge is 2.30. The van der Waals surface area contributed by atoms with E-state index in [1.165, 1.54) is 18.4 Å². The van der Waals surface area contributed by atoms with Gasteiger partial charge in [-0.25, -0.2) is 0 Å². The van der Waals surface area contributed by atoms with Gasteiger partial charge < -0.3 is 14.8 Å². The Morgan fingerprint density at radius 1 is 1.40 bits per heavy atom. The normalized spacial score (nSPS) is 23.4. The minimum atomic E-state index is 0.374. The lowest BCUT2D eigenvalue weighted by Gasteiger charge is -2.10. The topological polar surface area (TPSA) is 30.5 Å². The summed E-state index contributed by atoms with van der Waals surface area (Å²) in [7, 11) is 1.68. The van der Waals surface area contributed by atoms with Gasteiger partial charge in [-0.3, -0.25) is 0 Å². The summed E-state index contributed by atoms with van der Waals surface area (Å²) in [5, 5.41) is 3.58. The van der Waals surface area contributed by atoms with Crippen LogP contribution in [0.1, 0.15) is 24.4 Å². The molecule has 2 aliphatic rings. The van der Waals surface area contributed by atoms with Crippen LogP contribution in [0.15, 0.2) is 18.2 Å². The molecular weight excluding hydrogens is 190 g/mol. The number of hydrogen-bond donors (Lipinski definition) is 1. The van der Waals surface area contributed by atoms with E-state index < -0.39 is 0 Å². The van der Waals surface area contributed by atoms with Gasteiger partial charge in [-0.1, -0.05) is 0 Å². The Kier molecular flexibility index (Phi) is 2.06. The fraction of sp³-hybridized carbons (Fsp3) is 0.500. The molecule has 1 N–H and O–H groups in total. The van der Waals surface area contributed by atoms with Crippen LogP contribution in [0.2, 0.25) is 0 Å². The number of fused-ring (bicyclic) bond motifs is 1. The first-order valence-corrected chi connectivity index (χ1v) is 5.43. The summed E-state index contributed by atoms with van der Waals surface area (Å²) in [6.07, 6.45) is 2.62. The van der Waals surface area contributed by atoms with Gasteiger partial charge in [0.15, 0.2) is 0 Å². The summed E-state index contributed by atoms with van der Waals surface area (Å²) in [5.41, 5.74) is 1.27. The maximum Gasteiger partial charge on any atom is 0.127 e. The standard InChI is InChI=1S/C12H15NO2/c1-14-9-4-5-10-11(13-8-2-3-8)7-15-12(10)6-9/h4-6,8,11,13H,2-3,7H2,1H3. The number of nitrogens with one attached hydrogen (secondary N) is 1. The Balaban J connectivity index is 1.83. The second kappa shape index (κ2) is 3.42. The molecule has 1 aliphatic heterocycles. The van der Waals surface area contributed by atoms with Crippen LogP contribution in [-0.4, -0.2) is 19.8 Å². The summed E-state index contributed by atoms with van der Waals surface area (Å²) in [5.74, 6) is 1.83. The molecule has 0 aromatic heterocycles. The predicted molar refractivity (Wildman–Crippen MR) is 57.4 cm³/mol. The van der Waals surface area contributed by atoms with Crippen molar-refractivity contribution in [2.75, 3.05) is 13.7 Å². The number of hydrogen-bond acceptors (Lipinski definition) is 3. The third kappa shape index (κ3) is 1.67. The second-order valence-corrected chi connectivity index (χ2v) is 4.21. The van der Waals surface area contributed by atoms with Gasteiger partial charge in [0.25, 0.3) is 0 Å². The van der Waals surface area contributed by atoms with Gasteiger partial charge in [-0.15, -0.1) is 0 Å². The van der Waals surface area contributed by atoms with Crippen molar-refractivity contribution in [3.05, 3.63) is 23.8 Å². The minimum absolute atomic E-state index is 0.374. The molecule has 80 valence electrons. The van der Waals surface area contributed by atoms with Crippen LogP contribution in [0.25, 0.3) is 0 Å². The van der Waals surface area contributed by atoms with E-state index in [-0.39, 0.29) is 0 Å². The molecule has 1 heterocycles. The van der Waals surface area contributed by atoms with Crippen LogP contribution in [-0.2, 0) is 0 Å². The van der Waals surface area contributed by atoms with Crippen molar-refractivity contribution in [1.29, 1.82) is 0 Å². The van der Waals surface area contributed by atoms with Crippen LogP contribution < -0.4 is 14.8 Å². The molecule has 1 aromatic rings. The van der Waals surface area contributed by atoms with Gasteiger partial charge in [0.05, 0.1) is 13.2 Å². The molecule has 15 heavy (non-hydrogen) atoms. The zero-order valence-corrected chi connectivity index (χ0v) is 8.82. The van der Waals surface area contributed by atoms with E-state index >= 15 is 0 Å². The van der Waals surface area contributed by atoms with E-state index in [1.54, 1.807) is 7.11 Å². The van der Waals surface area contributed by atoms with Crippen LogP contribution >= 0.6 is 0 Å². The highest BCUT2D eigenvalue weighted by Crippen LogP contribution is 2.36. The predicted octanol–water partition coefficient (Wildman–Crippen LogP) is 1.88. The largest absolute Gasteiger partial charge is 0.497 e. The van der Waals surface area contributed by atoms with Crippen molar-refractivity contribution >= 4 is 0 Å². The SMILES string of the molecule is COc1ccc2c(c1)OCC2NC1CC1. The van der Waals surface area contributed by atoms with Crippen molar-refractivity contribution in [3.8, 4) is 11.5 Å². The van der Waals surface area contributed by atoms with Crippen molar-refractivity contribution in [1.82, 2.24) is 5.32 Å². The van der Waals surface area contributed by atoms with E-state index in [0.717, 1.165) is 18.1 Å². The van der Waals surface area contributed by atoms with E-state index in [2.05, 4.69) is 11.4 Å². The molecule has 0 bridgehead atoms. The van der Waals surface area contributed by atoms with Gasteiger partial charge in [-0.05, 0) is 25.0 Å². The molecule has 1 aliphatic carbocycles. The molecule has 0 spiro atoms. The molecule has 0 saturated heterocycles. The minimum Gasteiger partial charge on any atom is -0.497 e. The fourth-order valence-electron chi connectivity index (χ4n) is 1.99. The molecule has 0 amide bonds. The zero-order chi connectivity index (χ0) is 10.3. The Morgan fingerprint density at radius 3 is 3.00 bits per heavy atom. The molecule has 3 heteroatoms. The number of rotatable bonds is 3. The highest BCUT2D eigenvalue weighted by atomic mass is 16.5. The lowest BCUT2D eigenvalue weighted by Crippen LogP contribution is -2.24. The molecule has 1 fully saturated rings. The van der Waals surface area contributed by atoms with Crippen LogP contribution in [0.4, 0.5) is 0 Å². The van der Waals surface area contributed by atoms with Gasteiger partial charge in [-0.2, -0.15) is 0 Å². The first-order valence-electron chi connectivity index (χ1n) is 5.43. The highest BCUT2D eigenvalue weighted by molar-refractivity contribution is 5.45. The molecule has 1 saturated carbocycles. The number of methoxy groups -OCH3 is 1. The molecule has 1 unspecified atom stereocenters. The number of ether oxygens (including phenoxy) is 2. The average Bonchev–Trinajstić information content (AvgIpc) is 2.99. The summed E-state index contributed by atoms with van der Waals surface area (Å²) in [6, 6.07) is 7.14. The Labute approximate surface area is 89.4 Å². The van der Waals surface area contributed by atoms with Crippen molar-refractivity contribution in [2.24, 2.45) is 0 Å². The first-order chi connectivity index (χ1) is 7.36. The van der Waals surface area contributed by atoms with Crippen molar-refractivity contribution in [3.63, 3.8) is 0 Å². The summed E-state index contributed by atoms with van der Waals surface area (Å²) in [6.45, 7) is 0.749. The third-order valence-electron chi connectivity index (χ3n) is 3.02. The smallest absolute Gasteiger partial charge is 0.127 e. The van der Waals surface area contributed by atoms with Gasteiger partial charge in [0.2, 0.25) is 0 Å². The average molecular weight is 205 g/mol. The van der Waals surface area contributed by atoms with Crippen LogP contribution in [0.5, 0.6) is 11.5 Å².